The van der Waals surface area contributed by atoms with E-state index in [2.05, 4.69) is 26.1 Å². The van der Waals surface area contributed by atoms with Crippen molar-refractivity contribution in [3.63, 3.8) is 0 Å². The quantitative estimate of drug-likeness (QED) is 0.578. The van der Waals surface area contributed by atoms with E-state index in [0.29, 0.717) is 37.0 Å². The number of methoxy groups -OCH3 is 1. The van der Waals surface area contributed by atoms with Crippen molar-refractivity contribution in [2.75, 3.05) is 32.1 Å². The minimum absolute atomic E-state index is 0.0486. The number of carbonyl (C=O) groups excluding carboxylic acids is 2. The lowest BCUT2D eigenvalue weighted by atomic mass is 10.2. The third-order valence-corrected chi connectivity index (χ3v) is 5.06. The number of urea groups is 1. The first-order chi connectivity index (χ1) is 14.8. The third-order valence-electron chi connectivity index (χ3n) is 5.06. The van der Waals surface area contributed by atoms with Crippen molar-refractivity contribution in [2.45, 2.75) is 40.2 Å². The molecule has 0 saturated heterocycles. The topological polar surface area (TPSA) is 66.8 Å². The minimum Gasteiger partial charge on any atom is -0.497 e. The molecule has 0 bridgehead atoms. The molecular formula is C24H36N4O3. The van der Waals surface area contributed by atoms with E-state index in [-0.39, 0.29) is 18.5 Å². The lowest BCUT2D eigenvalue weighted by Gasteiger charge is -2.29. The lowest BCUT2D eigenvalue weighted by Crippen LogP contribution is -2.45. The minimum atomic E-state index is -0.279. The van der Waals surface area contributed by atoms with E-state index in [4.69, 9.17) is 4.74 Å². The molecule has 0 aliphatic carbocycles. The number of nitrogens with zero attached hydrogens (tertiary/aromatic N) is 3. The van der Waals surface area contributed by atoms with Crippen LogP contribution in [0.3, 0.4) is 0 Å². The predicted molar refractivity (Wildman–Crippen MR) is 124 cm³/mol. The fourth-order valence-electron chi connectivity index (χ4n) is 3.32. The molecule has 1 N–H and O–H groups in total. The molecule has 2 aromatic rings. The normalized spacial score (nSPS) is 10.8. The lowest BCUT2D eigenvalue weighted by molar-refractivity contribution is -0.133. The number of anilines is 1. The van der Waals surface area contributed by atoms with Crippen LogP contribution in [0.25, 0.3) is 0 Å². The number of aryl methyl sites for hydroxylation is 1. The van der Waals surface area contributed by atoms with Crippen molar-refractivity contribution in [1.29, 1.82) is 0 Å². The SMILES string of the molecule is CCCCN(CC(=O)N(Cc1cccn1C)CC(C)C)C(=O)Nc1cccc(OC)c1. The number of nitrogens with one attached hydrogen (secondary N) is 1. The molecule has 0 atom stereocenters. The van der Waals surface area contributed by atoms with Gasteiger partial charge < -0.3 is 24.4 Å². The van der Waals surface area contributed by atoms with E-state index in [1.54, 1.807) is 24.1 Å². The van der Waals surface area contributed by atoms with Gasteiger partial charge in [-0.2, -0.15) is 0 Å². The summed E-state index contributed by atoms with van der Waals surface area (Å²) in [5.41, 5.74) is 1.70. The maximum atomic E-state index is 13.2. The van der Waals surface area contributed by atoms with Gasteiger partial charge in [0, 0.05) is 43.8 Å². The van der Waals surface area contributed by atoms with Crippen LogP contribution in [0.1, 0.15) is 39.3 Å². The fourth-order valence-corrected chi connectivity index (χ4v) is 3.32. The monoisotopic (exact) mass is 428 g/mol. The van der Waals surface area contributed by atoms with Gasteiger partial charge in [0.05, 0.1) is 13.7 Å². The number of carbonyl (C=O) groups is 2. The second kappa shape index (κ2) is 12.0. The van der Waals surface area contributed by atoms with E-state index < -0.39 is 0 Å². The average molecular weight is 429 g/mol. The Hall–Kier alpha value is -2.96. The number of unbranched alkanes of at least 4 members (excludes halogenated alkanes) is 1. The van der Waals surface area contributed by atoms with Gasteiger partial charge in [-0.1, -0.05) is 33.3 Å². The zero-order chi connectivity index (χ0) is 22.8. The zero-order valence-electron chi connectivity index (χ0n) is 19.4. The van der Waals surface area contributed by atoms with Gasteiger partial charge in [-0.15, -0.1) is 0 Å². The number of rotatable bonds is 11. The number of ether oxygens (including phenoxy) is 1. The van der Waals surface area contributed by atoms with Gasteiger partial charge in [0.2, 0.25) is 5.91 Å². The molecule has 1 heterocycles. The Kier molecular flexibility index (Phi) is 9.43. The maximum Gasteiger partial charge on any atom is 0.322 e. The summed E-state index contributed by atoms with van der Waals surface area (Å²) in [5.74, 6) is 0.949. The van der Waals surface area contributed by atoms with E-state index in [1.807, 2.05) is 47.0 Å². The Morgan fingerprint density at radius 3 is 2.55 bits per heavy atom. The van der Waals surface area contributed by atoms with Gasteiger partial charge in [0.1, 0.15) is 12.3 Å². The van der Waals surface area contributed by atoms with Gasteiger partial charge in [-0.05, 0) is 36.6 Å². The summed E-state index contributed by atoms with van der Waals surface area (Å²) in [4.78, 5) is 29.6. The van der Waals surface area contributed by atoms with E-state index in [9.17, 15) is 9.59 Å². The first-order valence-corrected chi connectivity index (χ1v) is 10.9. The van der Waals surface area contributed by atoms with Gasteiger partial charge in [0.25, 0.3) is 0 Å². The Balaban J connectivity index is 2.12. The average Bonchev–Trinajstić information content (AvgIpc) is 3.14. The highest BCUT2D eigenvalue weighted by molar-refractivity contribution is 5.92. The van der Waals surface area contributed by atoms with E-state index in [1.165, 1.54) is 0 Å². The Morgan fingerprint density at radius 2 is 1.94 bits per heavy atom. The standard InChI is InChI=1S/C24H36N4O3/c1-6-7-14-27(24(30)25-20-10-8-12-22(15-20)31-5)18-23(29)28(16-19(2)3)17-21-11-9-13-26(21)4/h8-13,15,19H,6-7,14,16-18H2,1-5H3,(H,25,30). The number of hydrogen-bond acceptors (Lipinski definition) is 3. The van der Waals surface area contributed by atoms with Gasteiger partial charge >= 0.3 is 6.03 Å². The molecule has 3 amide bonds. The molecule has 0 radical (unpaired) electrons. The van der Waals surface area contributed by atoms with Crippen LogP contribution in [-0.4, -0.2) is 53.0 Å². The smallest absolute Gasteiger partial charge is 0.322 e. The summed E-state index contributed by atoms with van der Waals surface area (Å²) in [6.45, 7) is 8.00. The summed E-state index contributed by atoms with van der Waals surface area (Å²) < 4.78 is 7.25. The summed E-state index contributed by atoms with van der Waals surface area (Å²) in [6, 6.07) is 10.9. The van der Waals surface area contributed by atoms with Crippen LogP contribution >= 0.6 is 0 Å². The van der Waals surface area contributed by atoms with Crippen LogP contribution in [0.4, 0.5) is 10.5 Å². The maximum absolute atomic E-state index is 13.2. The summed E-state index contributed by atoms with van der Waals surface area (Å²) in [5, 5.41) is 2.90. The van der Waals surface area contributed by atoms with Gasteiger partial charge in [0.15, 0.2) is 0 Å². The highest BCUT2D eigenvalue weighted by Gasteiger charge is 2.22. The molecule has 1 aromatic heterocycles. The molecule has 170 valence electrons. The van der Waals surface area contributed by atoms with Crippen LogP contribution in [-0.2, 0) is 18.4 Å². The summed E-state index contributed by atoms with van der Waals surface area (Å²) >= 11 is 0. The molecule has 2 rings (SSSR count). The Labute approximate surface area is 186 Å². The molecule has 1 aromatic carbocycles. The highest BCUT2D eigenvalue weighted by atomic mass is 16.5. The first-order valence-electron chi connectivity index (χ1n) is 10.9. The van der Waals surface area contributed by atoms with E-state index >= 15 is 0 Å². The molecular weight excluding hydrogens is 392 g/mol. The van der Waals surface area contributed by atoms with E-state index in [0.717, 1.165) is 18.5 Å². The molecule has 0 fully saturated rings. The van der Waals surface area contributed by atoms with Gasteiger partial charge in [-0.25, -0.2) is 4.79 Å². The van der Waals surface area contributed by atoms with Crippen LogP contribution in [0.2, 0.25) is 0 Å². The number of amides is 3. The Bertz CT molecular complexity index is 847. The van der Waals surface area contributed by atoms with Crippen molar-refractivity contribution < 1.29 is 14.3 Å². The molecule has 0 spiro atoms. The molecule has 7 nitrogen and oxygen atoms in total. The zero-order valence-corrected chi connectivity index (χ0v) is 19.4. The second-order valence-electron chi connectivity index (χ2n) is 8.22. The summed E-state index contributed by atoms with van der Waals surface area (Å²) in [6.07, 6.45) is 3.75. The van der Waals surface area contributed by atoms with Crippen molar-refractivity contribution in [3.05, 3.63) is 48.3 Å². The second-order valence-corrected chi connectivity index (χ2v) is 8.22. The van der Waals surface area contributed by atoms with Crippen molar-refractivity contribution in [2.24, 2.45) is 13.0 Å². The van der Waals surface area contributed by atoms with Crippen LogP contribution in [0.15, 0.2) is 42.6 Å². The molecule has 0 aliphatic rings. The molecule has 7 heteroatoms. The fraction of sp³-hybridized carbons (Fsp3) is 0.500. The number of hydrogen-bond donors (Lipinski definition) is 1. The van der Waals surface area contributed by atoms with Gasteiger partial charge in [-0.3, -0.25) is 4.79 Å². The van der Waals surface area contributed by atoms with Crippen LogP contribution in [0, 0.1) is 5.92 Å². The Morgan fingerprint density at radius 1 is 1.16 bits per heavy atom. The van der Waals surface area contributed by atoms with Crippen molar-refractivity contribution >= 4 is 17.6 Å². The number of aromatic nitrogens is 1. The molecule has 31 heavy (non-hydrogen) atoms. The van der Waals surface area contributed by atoms with Crippen LogP contribution < -0.4 is 10.1 Å². The van der Waals surface area contributed by atoms with Crippen molar-refractivity contribution in [1.82, 2.24) is 14.4 Å². The molecule has 0 unspecified atom stereocenters. The predicted octanol–water partition coefficient (Wildman–Crippen LogP) is 4.35. The van der Waals surface area contributed by atoms with Crippen molar-refractivity contribution in [3.8, 4) is 5.75 Å². The molecule has 0 aliphatic heterocycles. The highest BCUT2D eigenvalue weighted by Crippen LogP contribution is 2.17. The summed E-state index contributed by atoms with van der Waals surface area (Å²) in [7, 11) is 3.56. The number of benzene rings is 1. The van der Waals surface area contributed by atoms with Crippen LogP contribution in [0.5, 0.6) is 5.75 Å². The largest absolute Gasteiger partial charge is 0.497 e. The first kappa shape index (κ1) is 24.3. The third kappa shape index (κ3) is 7.66. The molecule has 0 saturated carbocycles.